The molecule has 3 heterocycles. The van der Waals surface area contributed by atoms with Gasteiger partial charge >= 0.3 is 0 Å². The number of carbonyl (C=O) groups is 1. The number of carbonyl (C=O) groups excluding carboxylic acids is 1. The van der Waals surface area contributed by atoms with Crippen LogP contribution in [0.4, 0.5) is 5.82 Å². The molecule has 2 N–H and O–H groups in total. The molecule has 0 atom stereocenters. The number of hydrogen-bond donors (Lipinski definition) is 2. The van der Waals surface area contributed by atoms with Gasteiger partial charge < -0.3 is 14.9 Å². The summed E-state index contributed by atoms with van der Waals surface area (Å²) in [6, 6.07) is 8.07. The van der Waals surface area contributed by atoms with Gasteiger partial charge in [0.05, 0.1) is 12.5 Å². The van der Waals surface area contributed by atoms with Crippen LogP contribution in [0.25, 0.3) is 22.2 Å². The fraction of sp³-hybridized carbons (Fsp3) is 0.278. The van der Waals surface area contributed by atoms with E-state index < -0.39 is 0 Å². The Hall–Kier alpha value is -3.07. The Labute approximate surface area is 139 Å². The normalized spacial score (nSPS) is 13.8. The molecule has 1 amide bonds. The molecular formula is C18H17N5O. The van der Waals surface area contributed by atoms with E-state index in [0.29, 0.717) is 18.8 Å². The van der Waals surface area contributed by atoms with E-state index in [1.807, 2.05) is 41.4 Å². The van der Waals surface area contributed by atoms with Crippen molar-refractivity contribution in [3.63, 3.8) is 0 Å². The zero-order valence-corrected chi connectivity index (χ0v) is 13.1. The number of rotatable bonds is 5. The van der Waals surface area contributed by atoms with Crippen molar-refractivity contribution in [3.8, 4) is 17.2 Å². The summed E-state index contributed by atoms with van der Waals surface area (Å²) in [4.78, 5) is 19.6. The smallest absolute Gasteiger partial charge is 0.228 e. The van der Waals surface area contributed by atoms with E-state index in [-0.39, 0.29) is 11.8 Å². The molecule has 3 aromatic rings. The summed E-state index contributed by atoms with van der Waals surface area (Å²) >= 11 is 0. The van der Waals surface area contributed by atoms with E-state index in [1.165, 1.54) is 0 Å². The number of nitrogens with one attached hydrogen (secondary N) is 2. The minimum absolute atomic E-state index is 0.0472. The van der Waals surface area contributed by atoms with Crippen molar-refractivity contribution in [1.29, 1.82) is 5.26 Å². The van der Waals surface area contributed by atoms with Crippen molar-refractivity contribution in [2.75, 3.05) is 5.32 Å². The Morgan fingerprint density at radius 2 is 2.33 bits per heavy atom. The lowest BCUT2D eigenvalue weighted by molar-refractivity contribution is -0.117. The minimum Gasteiger partial charge on any atom is -0.353 e. The van der Waals surface area contributed by atoms with Gasteiger partial charge in [0.2, 0.25) is 5.91 Å². The molecule has 24 heavy (non-hydrogen) atoms. The van der Waals surface area contributed by atoms with Crippen molar-refractivity contribution in [2.24, 2.45) is 5.92 Å². The minimum atomic E-state index is 0.0472. The first-order valence-corrected chi connectivity index (χ1v) is 8.07. The molecule has 1 saturated carbocycles. The molecule has 1 fully saturated rings. The highest BCUT2D eigenvalue weighted by Gasteiger charge is 2.30. The van der Waals surface area contributed by atoms with Crippen LogP contribution in [0.1, 0.15) is 19.3 Å². The Balaban J connectivity index is 1.70. The fourth-order valence-electron chi connectivity index (χ4n) is 2.83. The maximum absolute atomic E-state index is 12.0. The predicted octanol–water partition coefficient (Wildman–Crippen LogP) is 3.29. The van der Waals surface area contributed by atoms with Gasteiger partial charge in [-0.15, -0.1) is 0 Å². The molecule has 0 unspecified atom stereocenters. The Kier molecular flexibility index (Phi) is 3.54. The molecule has 6 heteroatoms. The second kappa shape index (κ2) is 5.85. The van der Waals surface area contributed by atoms with Gasteiger partial charge in [0.1, 0.15) is 11.5 Å². The number of aromatic nitrogens is 3. The quantitative estimate of drug-likeness (QED) is 0.756. The third kappa shape index (κ3) is 2.76. The summed E-state index contributed by atoms with van der Waals surface area (Å²) in [6.45, 7) is 0.670. The molecule has 0 aliphatic heterocycles. The fourth-order valence-corrected chi connectivity index (χ4v) is 2.83. The maximum Gasteiger partial charge on any atom is 0.228 e. The van der Waals surface area contributed by atoms with Gasteiger partial charge in [-0.05, 0) is 36.6 Å². The number of anilines is 1. The van der Waals surface area contributed by atoms with Crippen LogP contribution in [0.5, 0.6) is 0 Å². The van der Waals surface area contributed by atoms with Gasteiger partial charge in [-0.3, -0.25) is 4.79 Å². The van der Waals surface area contributed by atoms with Crippen molar-refractivity contribution in [1.82, 2.24) is 14.5 Å². The van der Waals surface area contributed by atoms with Crippen LogP contribution in [-0.2, 0) is 11.3 Å². The van der Waals surface area contributed by atoms with Crippen LogP contribution < -0.4 is 5.32 Å². The van der Waals surface area contributed by atoms with Crippen molar-refractivity contribution >= 4 is 22.8 Å². The molecule has 0 aromatic carbocycles. The van der Waals surface area contributed by atoms with E-state index in [2.05, 4.69) is 21.4 Å². The third-order valence-electron chi connectivity index (χ3n) is 4.27. The molecule has 0 spiro atoms. The maximum atomic E-state index is 12.0. The number of pyridine rings is 1. The SMILES string of the molecule is N#CCCn1ccc(-c2cc(NC(=O)C3CC3)nc3[nH]ccc23)c1. The van der Waals surface area contributed by atoms with Crippen LogP contribution >= 0.6 is 0 Å². The zero-order valence-electron chi connectivity index (χ0n) is 13.1. The van der Waals surface area contributed by atoms with Gasteiger partial charge in [0, 0.05) is 42.0 Å². The first-order chi connectivity index (χ1) is 11.7. The van der Waals surface area contributed by atoms with Gasteiger partial charge in [0.15, 0.2) is 0 Å². The number of aromatic amines is 1. The molecule has 4 rings (SSSR count). The number of nitrogens with zero attached hydrogens (tertiary/aromatic N) is 3. The van der Waals surface area contributed by atoms with Crippen molar-refractivity contribution in [3.05, 3.63) is 36.8 Å². The van der Waals surface area contributed by atoms with Crippen LogP contribution in [0.2, 0.25) is 0 Å². The third-order valence-corrected chi connectivity index (χ3v) is 4.27. The first kappa shape index (κ1) is 14.5. The summed E-state index contributed by atoms with van der Waals surface area (Å²) in [5.74, 6) is 0.759. The standard InChI is InChI=1S/C18H17N5O/c19-6-1-8-23-9-5-13(11-23)15-10-16(22-18(24)12-2-3-12)21-17-14(15)4-7-20-17/h4-5,7,9-12H,1-3,8H2,(H2,20,21,22,24). The summed E-state index contributed by atoms with van der Waals surface area (Å²) in [6.07, 6.45) is 8.24. The van der Waals surface area contributed by atoms with Crippen molar-refractivity contribution in [2.45, 2.75) is 25.8 Å². The number of fused-ring (bicyclic) bond motifs is 1. The Bertz CT molecular complexity index is 942. The second-order valence-corrected chi connectivity index (χ2v) is 6.10. The van der Waals surface area contributed by atoms with Crippen LogP contribution in [0, 0.1) is 17.2 Å². The second-order valence-electron chi connectivity index (χ2n) is 6.10. The number of hydrogen-bond acceptors (Lipinski definition) is 3. The van der Waals surface area contributed by atoms with Gasteiger partial charge in [-0.25, -0.2) is 4.98 Å². The van der Waals surface area contributed by atoms with Gasteiger partial charge in [0.25, 0.3) is 0 Å². The van der Waals surface area contributed by atoms with Crippen LogP contribution in [0.3, 0.4) is 0 Å². The van der Waals surface area contributed by atoms with E-state index in [4.69, 9.17) is 5.26 Å². The molecule has 6 nitrogen and oxygen atoms in total. The molecule has 0 radical (unpaired) electrons. The van der Waals surface area contributed by atoms with E-state index in [0.717, 1.165) is 35.0 Å². The molecule has 1 aliphatic carbocycles. The van der Waals surface area contributed by atoms with E-state index >= 15 is 0 Å². The first-order valence-electron chi connectivity index (χ1n) is 8.07. The van der Waals surface area contributed by atoms with Gasteiger partial charge in [-0.1, -0.05) is 0 Å². The predicted molar refractivity (Wildman–Crippen MR) is 91.1 cm³/mol. The monoisotopic (exact) mass is 319 g/mol. The number of aryl methyl sites for hydroxylation is 1. The lowest BCUT2D eigenvalue weighted by Crippen LogP contribution is -2.14. The molecule has 120 valence electrons. The number of amides is 1. The zero-order chi connectivity index (χ0) is 16.5. The van der Waals surface area contributed by atoms with E-state index in [9.17, 15) is 4.79 Å². The number of nitriles is 1. The van der Waals surface area contributed by atoms with E-state index in [1.54, 1.807) is 0 Å². The Morgan fingerprint density at radius 1 is 1.46 bits per heavy atom. The summed E-state index contributed by atoms with van der Waals surface area (Å²) < 4.78 is 2.00. The van der Waals surface area contributed by atoms with Gasteiger partial charge in [-0.2, -0.15) is 5.26 Å². The Morgan fingerprint density at radius 3 is 3.12 bits per heavy atom. The average molecular weight is 319 g/mol. The molecule has 0 saturated heterocycles. The number of H-pyrrole nitrogens is 1. The summed E-state index contributed by atoms with van der Waals surface area (Å²) in [7, 11) is 0. The lowest BCUT2D eigenvalue weighted by atomic mass is 10.1. The highest BCUT2D eigenvalue weighted by atomic mass is 16.2. The average Bonchev–Trinajstić information content (AvgIpc) is 3.15. The summed E-state index contributed by atoms with van der Waals surface area (Å²) in [5.41, 5.74) is 2.81. The van der Waals surface area contributed by atoms with Crippen molar-refractivity contribution < 1.29 is 4.79 Å². The highest BCUT2D eigenvalue weighted by molar-refractivity contribution is 5.98. The highest BCUT2D eigenvalue weighted by Crippen LogP contribution is 2.33. The lowest BCUT2D eigenvalue weighted by Gasteiger charge is -2.07. The summed E-state index contributed by atoms with van der Waals surface area (Å²) in [5, 5.41) is 12.6. The van der Waals surface area contributed by atoms with Crippen LogP contribution in [-0.4, -0.2) is 20.4 Å². The topological polar surface area (TPSA) is 86.5 Å². The van der Waals surface area contributed by atoms with Crippen LogP contribution in [0.15, 0.2) is 36.8 Å². The molecular weight excluding hydrogens is 302 g/mol. The molecule has 1 aliphatic rings. The largest absolute Gasteiger partial charge is 0.353 e. The molecule has 3 aromatic heterocycles. The molecule has 0 bridgehead atoms.